The van der Waals surface area contributed by atoms with Crippen LogP contribution in [-0.4, -0.2) is 17.6 Å². The lowest BCUT2D eigenvalue weighted by atomic mass is 10.3. The van der Waals surface area contributed by atoms with Crippen molar-refractivity contribution >= 4 is 44.9 Å². The number of ether oxygens (including phenoxy) is 1. The zero-order valence-electron chi connectivity index (χ0n) is 11.9. The van der Waals surface area contributed by atoms with E-state index in [1.807, 2.05) is 31.2 Å². The van der Waals surface area contributed by atoms with Crippen molar-refractivity contribution in [2.24, 2.45) is 0 Å². The van der Waals surface area contributed by atoms with Gasteiger partial charge in [0.2, 0.25) is 0 Å². The number of anilines is 1. The summed E-state index contributed by atoms with van der Waals surface area (Å²) >= 11 is 8.25. The van der Waals surface area contributed by atoms with Gasteiger partial charge in [0.15, 0.2) is 15.5 Å². The van der Waals surface area contributed by atoms with Crippen LogP contribution >= 0.6 is 28.1 Å². The summed E-state index contributed by atoms with van der Waals surface area (Å²) in [5.41, 5.74) is 0.736. The molecule has 2 aromatic rings. The Morgan fingerprint density at radius 1 is 1.36 bits per heavy atom. The molecule has 0 unspecified atom stereocenters. The standard InChI is InChI=1S/C15H15BrN2O3S/c1-2-8-20-11-5-3-4-10(9-11)17-15(22)18-14(19)12-6-7-13(16)21-12/h3-7,9H,2,8H2,1H3,(H2,17,18,19,22). The molecule has 1 aromatic carbocycles. The average Bonchev–Trinajstić information content (AvgIpc) is 2.92. The van der Waals surface area contributed by atoms with Crippen LogP contribution < -0.4 is 15.4 Å². The molecule has 5 nitrogen and oxygen atoms in total. The maximum Gasteiger partial charge on any atom is 0.293 e. The van der Waals surface area contributed by atoms with E-state index in [4.69, 9.17) is 21.4 Å². The second-order valence-corrected chi connectivity index (χ2v) is 5.58. The minimum absolute atomic E-state index is 0.177. The summed E-state index contributed by atoms with van der Waals surface area (Å²) in [6, 6.07) is 10.6. The highest BCUT2D eigenvalue weighted by Crippen LogP contribution is 2.18. The number of furan rings is 1. The van der Waals surface area contributed by atoms with E-state index < -0.39 is 5.91 Å². The molecule has 0 fully saturated rings. The van der Waals surface area contributed by atoms with Gasteiger partial charge in [0.05, 0.1) is 6.61 Å². The maximum atomic E-state index is 11.9. The third-order valence-electron chi connectivity index (χ3n) is 2.59. The first kappa shape index (κ1) is 16.5. The Kier molecular flexibility index (Phi) is 5.97. The average molecular weight is 383 g/mol. The molecule has 0 aliphatic carbocycles. The molecule has 2 rings (SSSR count). The van der Waals surface area contributed by atoms with Gasteiger partial charge in [-0.1, -0.05) is 13.0 Å². The summed E-state index contributed by atoms with van der Waals surface area (Å²) in [5, 5.41) is 5.66. The lowest BCUT2D eigenvalue weighted by molar-refractivity contribution is 0.0949. The molecule has 1 heterocycles. The van der Waals surface area contributed by atoms with Crippen LogP contribution in [0.4, 0.5) is 5.69 Å². The van der Waals surface area contributed by atoms with Gasteiger partial charge in [-0.2, -0.15) is 0 Å². The normalized spacial score (nSPS) is 10.1. The number of carbonyl (C=O) groups is 1. The highest BCUT2D eigenvalue weighted by molar-refractivity contribution is 9.10. The quantitative estimate of drug-likeness (QED) is 0.766. The summed E-state index contributed by atoms with van der Waals surface area (Å²) in [5.74, 6) is 0.508. The SMILES string of the molecule is CCCOc1cccc(NC(=S)NC(=O)c2ccc(Br)o2)c1. The van der Waals surface area contributed by atoms with Crippen molar-refractivity contribution in [3.05, 3.63) is 46.8 Å². The molecule has 0 spiro atoms. The second kappa shape index (κ2) is 7.95. The predicted octanol–water partition coefficient (Wildman–Crippen LogP) is 3.96. The molecule has 22 heavy (non-hydrogen) atoms. The van der Waals surface area contributed by atoms with Crippen molar-refractivity contribution in [3.8, 4) is 5.75 Å². The number of hydrogen-bond donors (Lipinski definition) is 2. The molecule has 1 amide bonds. The molecule has 0 aliphatic heterocycles. The van der Waals surface area contributed by atoms with Crippen molar-refractivity contribution in [2.75, 3.05) is 11.9 Å². The largest absolute Gasteiger partial charge is 0.494 e. The Labute approximate surface area is 142 Å². The number of rotatable bonds is 5. The molecular formula is C15H15BrN2O3S. The second-order valence-electron chi connectivity index (χ2n) is 4.39. The van der Waals surface area contributed by atoms with E-state index >= 15 is 0 Å². The van der Waals surface area contributed by atoms with Crippen molar-refractivity contribution in [2.45, 2.75) is 13.3 Å². The fourth-order valence-electron chi connectivity index (χ4n) is 1.65. The molecule has 0 bridgehead atoms. The summed E-state index contributed by atoms with van der Waals surface area (Å²) in [6.45, 7) is 2.69. The van der Waals surface area contributed by atoms with E-state index in [1.165, 1.54) is 0 Å². The van der Waals surface area contributed by atoms with Crippen molar-refractivity contribution in [3.63, 3.8) is 0 Å². The monoisotopic (exact) mass is 382 g/mol. The molecule has 0 saturated carbocycles. The molecule has 0 atom stereocenters. The van der Waals surface area contributed by atoms with Crippen LogP contribution in [0.5, 0.6) is 5.75 Å². The van der Waals surface area contributed by atoms with E-state index in [0.29, 0.717) is 11.3 Å². The van der Waals surface area contributed by atoms with Crippen LogP contribution in [0.25, 0.3) is 0 Å². The summed E-state index contributed by atoms with van der Waals surface area (Å²) in [4.78, 5) is 11.9. The fraction of sp³-hybridized carbons (Fsp3) is 0.200. The number of carbonyl (C=O) groups excluding carboxylic acids is 1. The van der Waals surface area contributed by atoms with Gasteiger partial charge in [0.1, 0.15) is 5.75 Å². The number of nitrogens with one attached hydrogen (secondary N) is 2. The van der Waals surface area contributed by atoms with Gasteiger partial charge in [-0.05, 0) is 58.8 Å². The Morgan fingerprint density at radius 3 is 2.86 bits per heavy atom. The minimum atomic E-state index is -0.415. The first-order chi connectivity index (χ1) is 10.6. The molecule has 2 N–H and O–H groups in total. The van der Waals surface area contributed by atoms with E-state index in [2.05, 4.69) is 26.6 Å². The smallest absolute Gasteiger partial charge is 0.293 e. The fourth-order valence-corrected chi connectivity index (χ4v) is 2.16. The van der Waals surface area contributed by atoms with Crippen LogP contribution in [0.15, 0.2) is 45.5 Å². The molecule has 0 radical (unpaired) electrons. The lowest BCUT2D eigenvalue weighted by Crippen LogP contribution is -2.33. The van der Waals surface area contributed by atoms with E-state index in [0.717, 1.165) is 17.9 Å². The zero-order chi connectivity index (χ0) is 15.9. The number of hydrogen-bond acceptors (Lipinski definition) is 4. The summed E-state index contributed by atoms with van der Waals surface area (Å²) < 4.78 is 11.2. The molecule has 0 aliphatic rings. The Bertz CT molecular complexity index is 672. The Morgan fingerprint density at radius 2 is 2.18 bits per heavy atom. The lowest BCUT2D eigenvalue weighted by Gasteiger charge is -2.10. The van der Waals surface area contributed by atoms with E-state index in [-0.39, 0.29) is 10.9 Å². The van der Waals surface area contributed by atoms with E-state index in [1.54, 1.807) is 12.1 Å². The van der Waals surface area contributed by atoms with Gasteiger partial charge in [-0.3, -0.25) is 10.1 Å². The number of halogens is 1. The van der Waals surface area contributed by atoms with Gasteiger partial charge < -0.3 is 14.5 Å². The van der Waals surface area contributed by atoms with Gasteiger partial charge >= 0.3 is 0 Å². The number of amides is 1. The first-order valence-electron chi connectivity index (χ1n) is 6.69. The van der Waals surface area contributed by atoms with Crippen LogP contribution in [0.1, 0.15) is 23.9 Å². The van der Waals surface area contributed by atoms with Crippen LogP contribution in [-0.2, 0) is 0 Å². The number of benzene rings is 1. The van der Waals surface area contributed by atoms with Crippen LogP contribution in [0.2, 0.25) is 0 Å². The Hall–Kier alpha value is -1.86. The predicted molar refractivity (Wildman–Crippen MR) is 92.3 cm³/mol. The molecule has 0 saturated heterocycles. The first-order valence-corrected chi connectivity index (χ1v) is 7.89. The minimum Gasteiger partial charge on any atom is -0.494 e. The third kappa shape index (κ3) is 4.85. The summed E-state index contributed by atoms with van der Waals surface area (Å²) in [6.07, 6.45) is 0.935. The van der Waals surface area contributed by atoms with Crippen LogP contribution in [0.3, 0.4) is 0 Å². The highest BCUT2D eigenvalue weighted by atomic mass is 79.9. The summed E-state index contributed by atoms with van der Waals surface area (Å²) in [7, 11) is 0. The van der Waals surface area contributed by atoms with Crippen molar-refractivity contribution < 1.29 is 13.9 Å². The number of thiocarbonyl (C=S) groups is 1. The van der Waals surface area contributed by atoms with Gasteiger partial charge in [0.25, 0.3) is 5.91 Å². The highest BCUT2D eigenvalue weighted by Gasteiger charge is 2.12. The van der Waals surface area contributed by atoms with Crippen LogP contribution in [0, 0.1) is 0 Å². The molecule has 1 aromatic heterocycles. The van der Waals surface area contributed by atoms with E-state index in [9.17, 15) is 4.79 Å². The molecular weight excluding hydrogens is 368 g/mol. The maximum absolute atomic E-state index is 11.9. The van der Waals surface area contributed by atoms with Crippen molar-refractivity contribution in [1.82, 2.24) is 5.32 Å². The zero-order valence-corrected chi connectivity index (χ0v) is 14.3. The topological polar surface area (TPSA) is 63.5 Å². The van der Waals surface area contributed by atoms with Crippen molar-refractivity contribution in [1.29, 1.82) is 0 Å². The van der Waals surface area contributed by atoms with Gasteiger partial charge in [-0.25, -0.2) is 0 Å². The molecule has 7 heteroatoms. The third-order valence-corrected chi connectivity index (χ3v) is 3.22. The van der Waals surface area contributed by atoms with Gasteiger partial charge in [-0.15, -0.1) is 0 Å². The van der Waals surface area contributed by atoms with Gasteiger partial charge in [0, 0.05) is 11.8 Å². The molecule has 116 valence electrons. The Balaban J connectivity index is 1.92.